The van der Waals surface area contributed by atoms with E-state index in [1.54, 1.807) is 0 Å². The first-order valence-corrected chi connectivity index (χ1v) is 7.05. The average molecular weight is 253 g/mol. The van der Waals surface area contributed by atoms with Gasteiger partial charge in [-0.15, -0.1) is 11.6 Å². The highest BCUT2D eigenvalue weighted by molar-refractivity contribution is 6.17. The first-order valence-electron chi connectivity index (χ1n) is 6.51. The summed E-state index contributed by atoms with van der Waals surface area (Å²) >= 11 is 5.85. The first-order chi connectivity index (χ1) is 8.29. The average Bonchev–Trinajstić information content (AvgIpc) is 2.40. The molecule has 0 aliphatic heterocycles. The third-order valence-electron chi connectivity index (χ3n) is 3.61. The molecule has 1 aliphatic carbocycles. The van der Waals surface area contributed by atoms with E-state index in [0.29, 0.717) is 5.88 Å². The largest absolute Gasteiger partial charge is 0.359 e. The van der Waals surface area contributed by atoms with Crippen molar-refractivity contribution in [2.24, 2.45) is 5.92 Å². The lowest BCUT2D eigenvalue weighted by atomic mass is 9.89. The summed E-state index contributed by atoms with van der Waals surface area (Å²) in [5.74, 6) is 2.45. The van der Waals surface area contributed by atoms with Gasteiger partial charge in [0.05, 0.1) is 0 Å². The number of aromatic nitrogens is 1. The van der Waals surface area contributed by atoms with Crippen molar-refractivity contribution in [2.75, 3.05) is 18.5 Å². The summed E-state index contributed by atoms with van der Waals surface area (Å²) in [6.07, 6.45) is 8.81. The maximum Gasteiger partial charge on any atom is 0.128 e. The molecule has 1 saturated carbocycles. The molecule has 2 nitrogen and oxygen atoms in total. The Labute approximate surface area is 109 Å². The summed E-state index contributed by atoms with van der Waals surface area (Å²) in [7, 11) is 2.13. The van der Waals surface area contributed by atoms with Gasteiger partial charge in [-0.2, -0.15) is 0 Å². The summed E-state index contributed by atoms with van der Waals surface area (Å²) in [6, 6.07) is 4.07. The second kappa shape index (κ2) is 6.25. The van der Waals surface area contributed by atoms with Gasteiger partial charge in [0.25, 0.3) is 0 Å². The molecule has 0 radical (unpaired) electrons. The molecule has 1 aromatic heterocycles. The maximum absolute atomic E-state index is 5.85. The fourth-order valence-corrected chi connectivity index (χ4v) is 2.77. The van der Waals surface area contributed by atoms with Crippen LogP contribution in [-0.2, 0) is 5.88 Å². The Bertz CT molecular complexity index is 348. The van der Waals surface area contributed by atoms with E-state index in [-0.39, 0.29) is 0 Å². The molecule has 1 aliphatic rings. The van der Waals surface area contributed by atoms with Crippen molar-refractivity contribution in [1.82, 2.24) is 4.98 Å². The van der Waals surface area contributed by atoms with E-state index in [4.69, 9.17) is 11.6 Å². The van der Waals surface area contributed by atoms with Crippen molar-refractivity contribution < 1.29 is 0 Å². The zero-order chi connectivity index (χ0) is 12.1. The number of halogens is 1. The van der Waals surface area contributed by atoms with Crippen LogP contribution < -0.4 is 4.90 Å². The van der Waals surface area contributed by atoms with Crippen molar-refractivity contribution in [3.8, 4) is 0 Å². The van der Waals surface area contributed by atoms with Crippen molar-refractivity contribution in [2.45, 2.75) is 38.0 Å². The highest BCUT2D eigenvalue weighted by Crippen LogP contribution is 2.25. The third kappa shape index (κ3) is 3.60. The summed E-state index contributed by atoms with van der Waals surface area (Å²) in [5.41, 5.74) is 1.15. The number of hydrogen-bond donors (Lipinski definition) is 0. The molecular weight excluding hydrogens is 232 g/mol. The maximum atomic E-state index is 5.85. The number of alkyl halides is 1. The van der Waals surface area contributed by atoms with Gasteiger partial charge in [0.15, 0.2) is 0 Å². The summed E-state index contributed by atoms with van der Waals surface area (Å²) in [4.78, 5) is 6.69. The van der Waals surface area contributed by atoms with E-state index in [9.17, 15) is 0 Å². The molecule has 2 rings (SSSR count). The Hall–Kier alpha value is -0.760. The fraction of sp³-hybridized carbons (Fsp3) is 0.643. The number of rotatable bonds is 4. The Morgan fingerprint density at radius 2 is 2.12 bits per heavy atom. The highest BCUT2D eigenvalue weighted by atomic mass is 35.5. The minimum atomic E-state index is 0.562. The Balaban J connectivity index is 1.95. The number of nitrogens with zero attached hydrogens (tertiary/aromatic N) is 2. The molecule has 0 atom stereocenters. The van der Waals surface area contributed by atoms with Crippen LogP contribution in [0.3, 0.4) is 0 Å². The predicted molar refractivity (Wildman–Crippen MR) is 73.6 cm³/mol. The van der Waals surface area contributed by atoms with Crippen molar-refractivity contribution in [3.63, 3.8) is 0 Å². The molecule has 1 aromatic rings. The van der Waals surface area contributed by atoms with Gasteiger partial charge in [-0.3, -0.25) is 0 Å². The lowest BCUT2D eigenvalue weighted by Gasteiger charge is -2.27. The monoisotopic (exact) mass is 252 g/mol. The normalized spacial score (nSPS) is 17.1. The van der Waals surface area contributed by atoms with Gasteiger partial charge in [-0.25, -0.2) is 4.98 Å². The van der Waals surface area contributed by atoms with Crippen LogP contribution in [0.1, 0.15) is 37.7 Å². The molecule has 0 N–H and O–H groups in total. The Kier molecular flexibility index (Phi) is 4.66. The van der Waals surface area contributed by atoms with Gasteiger partial charge in [0, 0.05) is 25.7 Å². The van der Waals surface area contributed by atoms with Crippen LogP contribution >= 0.6 is 11.6 Å². The number of anilines is 1. The van der Waals surface area contributed by atoms with Gasteiger partial charge >= 0.3 is 0 Å². The molecule has 0 saturated heterocycles. The van der Waals surface area contributed by atoms with Crippen LogP contribution in [-0.4, -0.2) is 18.6 Å². The second-order valence-corrected chi connectivity index (χ2v) is 5.31. The molecule has 0 unspecified atom stereocenters. The fourth-order valence-electron chi connectivity index (χ4n) is 2.60. The van der Waals surface area contributed by atoms with Crippen LogP contribution in [0.4, 0.5) is 5.82 Å². The highest BCUT2D eigenvalue weighted by Gasteiger charge is 2.16. The lowest BCUT2D eigenvalue weighted by Crippen LogP contribution is -2.27. The van der Waals surface area contributed by atoms with Crippen LogP contribution in [0, 0.1) is 5.92 Å². The standard InChI is InChI=1S/C14H21ClN2/c1-17(11-12-5-3-2-4-6-12)14-9-13(10-15)7-8-16-14/h7-9,12H,2-6,10-11H2,1H3. The molecular formula is C14H21ClN2. The Morgan fingerprint density at radius 1 is 1.35 bits per heavy atom. The van der Waals surface area contributed by atoms with Crippen LogP contribution in [0.2, 0.25) is 0 Å². The van der Waals surface area contributed by atoms with Gasteiger partial charge in [0.2, 0.25) is 0 Å². The summed E-state index contributed by atoms with van der Waals surface area (Å²) < 4.78 is 0. The van der Waals surface area contributed by atoms with E-state index in [2.05, 4.69) is 23.0 Å². The van der Waals surface area contributed by atoms with E-state index in [0.717, 1.165) is 23.8 Å². The van der Waals surface area contributed by atoms with Crippen molar-refractivity contribution in [1.29, 1.82) is 0 Å². The second-order valence-electron chi connectivity index (χ2n) is 5.04. The van der Waals surface area contributed by atoms with Gasteiger partial charge in [0.1, 0.15) is 5.82 Å². The van der Waals surface area contributed by atoms with Gasteiger partial charge in [-0.05, 0) is 36.5 Å². The summed E-state index contributed by atoms with van der Waals surface area (Å²) in [6.45, 7) is 1.12. The van der Waals surface area contributed by atoms with Crippen LogP contribution in [0.5, 0.6) is 0 Å². The molecule has 0 bridgehead atoms. The molecule has 0 spiro atoms. The zero-order valence-electron chi connectivity index (χ0n) is 10.5. The molecule has 1 fully saturated rings. The molecule has 0 aromatic carbocycles. The first kappa shape index (κ1) is 12.7. The summed E-state index contributed by atoms with van der Waals surface area (Å²) in [5, 5.41) is 0. The molecule has 94 valence electrons. The molecule has 1 heterocycles. The van der Waals surface area contributed by atoms with Gasteiger partial charge in [-0.1, -0.05) is 19.3 Å². The zero-order valence-corrected chi connectivity index (χ0v) is 11.3. The molecule has 17 heavy (non-hydrogen) atoms. The van der Waals surface area contributed by atoms with Crippen molar-refractivity contribution >= 4 is 17.4 Å². The third-order valence-corrected chi connectivity index (χ3v) is 3.92. The minimum Gasteiger partial charge on any atom is -0.359 e. The quantitative estimate of drug-likeness (QED) is 0.757. The lowest BCUT2D eigenvalue weighted by molar-refractivity contribution is 0.361. The van der Waals surface area contributed by atoms with E-state index in [1.807, 2.05) is 12.3 Å². The SMILES string of the molecule is CN(CC1CCCCC1)c1cc(CCl)ccn1. The van der Waals surface area contributed by atoms with Crippen LogP contribution in [0.25, 0.3) is 0 Å². The van der Waals surface area contributed by atoms with Crippen molar-refractivity contribution in [3.05, 3.63) is 23.9 Å². The van der Waals surface area contributed by atoms with E-state index < -0.39 is 0 Å². The molecule has 3 heteroatoms. The Morgan fingerprint density at radius 3 is 2.82 bits per heavy atom. The van der Waals surface area contributed by atoms with Crippen LogP contribution in [0.15, 0.2) is 18.3 Å². The van der Waals surface area contributed by atoms with E-state index >= 15 is 0 Å². The van der Waals surface area contributed by atoms with E-state index in [1.165, 1.54) is 32.1 Å². The molecule has 0 amide bonds. The minimum absolute atomic E-state index is 0.562. The smallest absolute Gasteiger partial charge is 0.128 e. The number of pyridine rings is 1. The topological polar surface area (TPSA) is 16.1 Å². The van der Waals surface area contributed by atoms with Gasteiger partial charge < -0.3 is 4.90 Å². The predicted octanol–water partition coefficient (Wildman–Crippen LogP) is 3.84. The number of hydrogen-bond acceptors (Lipinski definition) is 2.